The van der Waals surface area contributed by atoms with Crippen molar-refractivity contribution in [1.82, 2.24) is 14.9 Å². The van der Waals surface area contributed by atoms with E-state index in [1.165, 1.54) is 10.7 Å². The van der Waals surface area contributed by atoms with Crippen molar-refractivity contribution in [3.63, 3.8) is 0 Å². The van der Waals surface area contributed by atoms with E-state index in [9.17, 15) is 9.18 Å². The molecule has 0 unspecified atom stereocenters. The first-order valence-electron chi connectivity index (χ1n) is 9.09. The number of amides is 2. The second kappa shape index (κ2) is 7.05. The maximum atomic E-state index is 14.2. The van der Waals surface area contributed by atoms with Gasteiger partial charge in [-0.15, -0.1) is 0 Å². The number of nitrogens with one attached hydrogen (secondary N) is 2. The number of rotatable bonds is 3. The Balaban J connectivity index is 1.47. The van der Waals surface area contributed by atoms with Crippen LogP contribution in [0.3, 0.4) is 0 Å². The van der Waals surface area contributed by atoms with E-state index >= 15 is 0 Å². The summed E-state index contributed by atoms with van der Waals surface area (Å²) in [7, 11) is 0. The summed E-state index contributed by atoms with van der Waals surface area (Å²) in [6, 6.07) is 13.0. The van der Waals surface area contributed by atoms with Gasteiger partial charge in [-0.05, 0) is 30.3 Å². The minimum absolute atomic E-state index is 0.199. The molecule has 7 nitrogen and oxygen atoms in total. The minimum Gasteiger partial charge on any atom is -0.359 e. The SMILES string of the molecule is CC(C)(C)c1cc(NC(=O)Nc2ccc(-n3ncc4cccc(F)c43)cc2)no1. The maximum Gasteiger partial charge on any atom is 0.324 e. The Kier molecular flexibility index (Phi) is 4.54. The number of urea groups is 1. The molecular weight excluding hydrogens is 373 g/mol. The molecule has 2 amide bonds. The summed E-state index contributed by atoms with van der Waals surface area (Å²) in [6.07, 6.45) is 1.61. The monoisotopic (exact) mass is 393 g/mol. The summed E-state index contributed by atoms with van der Waals surface area (Å²) in [5, 5.41) is 14.2. The van der Waals surface area contributed by atoms with Crippen LogP contribution in [0, 0.1) is 5.82 Å². The van der Waals surface area contributed by atoms with Gasteiger partial charge in [0.2, 0.25) is 0 Å². The Morgan fingerprint density at radius 3 is 2.55 bits per heavy atom. The van der Waals surface area contributed by atoms with Crippen molar-refractivity contribution >= 4 is 28.4 Å². The van der Waals surface area contributed by atoms with Crippen LogP contribution >= 0.6 is 0 Å². The minimum atomic E-state index is -0.443. The van der Waals surface area contributed by atoms with Crippen molar-refractivity contribution in [2.75, 3.05) is 10.6 Å². The topological polar surface area (TPSA) is 85.0 Å². The van der Waals surface area contributed by atoms with E-state index < -0.39 is 6.03 Å². The highest BCUT2D eigenvalue weighted by Crippen LogP contribution is 2.25. The first kappa shape index (κ1) is 18.7. The van der Waals surface area contributed by atoms with Gasteiger partial charge >= 0.3 is 6.03 Å². The van der Waals surface area contributed by atoms with Crippen LogP contribution < -0.4 is 10.6 Å². The van der Waals surface area contributed by atoms with Crippen molar-refractivity contribution in [1.29, 1.82) is 0 Å². The van der Waals surface area contributed by atoms with E-state index in [0.29, 0.717) is 33.9 Å². The number of hydrogen-bond donors (Lipinski definition) is 2. The second-order valence-electron chi connectivity index (χ2n) is 7.69. The molecule has 2 N–H and O–H groups in total. The molecule has 8 heteroatoms. The molecule has 0 atom stereocenters. The maximum absolute atomic E-state index is 14.2. The van der Waals surface area contributed by atoms with Crippen LogP contribution in [0.2, 0.25) is 0 Å². The molecule has 0 fully saturated rings. The number of aromatic nitrogens is 3. The molecule has 0 saturated heterocycles. The summed E-state index contributed by atoms with van der Waals surface area (Å²) >= 11 is 0. The van der Waals surface area contributed by atoms with E-state index in [2.05, 4.69) is 20.9 Å². The van der Waals surface area contributed by atoms with Gasteiger partial charge in [-0.3, -0.25) is 5.32 Å². The van der Waals surface area contributed by atoms with E-state index in [0.717, 1.165) is 0 Å². The van der Waals surface area contributed by atoms with Gasteiger partial charge in [0.1, 0.15) is 17.1 Å². The number of carbonyl (C=O) groups excluding carboxylic acids is 1. The van der Waals surface area contributed by atoms with Gasteiger partial charge in [0.25, 0.3) is 0 Å². The largest absolute Gasteiger partial charge is 0.359 e. The summed E-state index contributed by atoms with van der Waals surface area (Å²) in [5.74, 6) is 0.669. The highest BCUT2D eigenvalue weighted by atomic mass is 19.1. The average Bonchev–Trinajstić information content (AvgIpc) is 3.30. The average molecular weight is 393 g/mol. The van der Waals surface area contributed by atoms with E-state index in [-0.39, 0.29) is 11.2 Å². The molecule has 0 aliphatic rings. The van der Waals surface area contributed by atoms with Gasteiger partial charge < -0.3 is 9.84 Å². The molecular formula is C21H20FN5O2. The second-order valence-corrected chi connectivity index (χ2v) is 7.69. The van der Waals surface area contributed by atoms with Gasteiger partial charge in [0.15, 0.2) is 5.82 Å². The third-order valence-electron chi connectivity index (χ3n) is 4.40. The number of nitrogens with zero attached hydrogens (tertiary/aromatic N) is 3. The zero-order chi connectivity index (χ0) is 20.6. The predicted molar refractivity (Wildman–Crippen MR) is 109 cm³/mol. The molecule has 0 radical (unpaired) electrons. The number of benzene rings is 2. The molecule has 2 aromatic carbocycles. The normalized spacial score (nSPS) is 11.6. The highest BCUT2D eigenvalue weighted by Gasteiger charge is 2.20. The Morgan fingerprint density at radius 1 is 1.10 bits per heavy atom. The fraction of sp³-hybridized carbons (Fsp3) is 0.190. The zero-order valence-electron chi connectivity index (χ0n) is 16.2. The lowest BCUT2D eigenvalue weighted by Gasteiger charge is -2.12. The highest BCUT2D eigenvalue weighted by molar-refractivity contribution is 5.99. The van der Waals surface area contributed by atoms with Gasteiger partial charge in [0.05, 0.1) is 11.9 Å². The Morgan fingerprint density at radius 2 is 1.86 bits per heavy atom. The number of para-hydroxylation sites is 1. The van der Waals surface area contributed by atoms with E-state index in [1.807, 2.05) is 20.8 Å². The summed E-state index contributed by atoms with van der Waals surface area (Å²) < 4.78 is 20.9. The predicted octanol–water partition coefficient (Wildman–Crippen LogP) is 5.09. The summed E-state index contributed by atoms with van der Waals surface area (Å²) in [4.78, 5) is 12.2. The lowest BCUT2D eigenvalue weighted by atomic mass is 9.93. The molecule has 0 spiro atoms. The number of fused-ring (bicyclic) bond motifs is 1. The molecule has 29 heavy (non-hydrogen) atoms. The summed E-state index contributed by atoms with van der Waals surface area (Å²) in [6.45, 7) is 5.98. The Labute approximate surface area is 166 Å². The Hall–Kier alpha value is -3.68. The lowest BCUT2D eigenvalue weighted by molar-refractivity contribution is 0.262. The molecule has 148 valence electrons. The molecule has 4 aromatic rings. The van der Waals surface area contributed by atoms with Crippen molar-refractivity contribution in [2.24, 2.45) is 0 Å². The molecule has 0 saturated carbocycles. The third kappa shape index (κ3) is 3.82. The van der Waals surface area contributed by atoms with Crippen LogP contribution in [-0.4, -0.2) is 21.0 Å². The van der Waals surface area contributed by atoms with Crippen LogP contribution in [0.4, 0.5) is 20.7 Å². The third-order valence-corrected chi connectivity index (χ3v) is 4.40. The van der Waals surface area contributed by atoms with Crippen molar-refractivity contribution in [3.05, 3.63) is 66.3 Å². The zero-order valence-corrected chi connectivity index (χ0v) is 16.2. The van der Waals surface area contributed by atoms with Gasteiger partial charge in [-0.25, -0.2) is 13.9 Å². The fourth-order valence-electron chi connectivity index (χ4n) is 2.89. The van der Waals surface area contributed by atoms with E-state index in [1.54, 1.807) is 48.7 Å². The van der Waals surface area contributed by atoms with Crippen LogP contribution in [0.15, 0.2) is 59.3 Å². The van der Waals surface area contributed by atoms with Crippen LogP contribution in [-0.2, 0) is 5.41 Å². The number of halogens is 1. The lowest BCUT2D eigenvalue weighted by Crippen LogP contribution is -2.19. The van der Waals surface area contributed by atoms with Gasteiger partial charge in [-0.2, -0.15) is 5.10 Å². The number of anilines is 2. The first-order chi connectivity index (χ1) is 13.8. The van der Waals surface area contributed by atoms with Crippen molar-refractivity contribution in [3.8, 4) is 5.69 Å². The Bertz CT molecular complexity index is 1170. The summed E-state index contributed by atoms with van der Waals surface area (Å²) in [5.41, 5.74) is 1.46. The first-order valence-corrected chi connectivity index (χ1v) is 9.09. The van der Waals surface area contributed by atoms with Crippen LogP contribution in [0.1, 0.15) is 26.5 Å². The molecule has 0 aliphatic carbocycles. The standard InChI is InChI=1S/C21H20FN5O2/c1-21(2,3)17-11-18(26-29-17)25-20(28)24-14-7-9-15(10-8-14)27-19-13(12-23-27)5-4-6-16(19)22/h4-12H,1-3H3,(H2,24,25,26,28). The smallest absolute Gasteiger partial charge is 0.324 e. The number of hydrogen-bond acceptors (Lipinski definition) is 4. The molecule has 0 aliphatic heterocycles. The molecule has 2 aromatic heterocycles. The molecule has 2 heterocycles. The number of carbonyl (C=O) groups is 1. The molecule has 4 rings (SSSR count). The van der Waals surface area contributed by atoms with Crippen LogP contribution in [0.5, 0.6) is 0 Å². The van der Waals surface area contributed by atoms with Crippen molar-refractivity contribution < 1.29 is 13.7 Å². The fourth-order valence-corrected chi connectivity index (χ4v) is 2.89. The van der Waals surface area contributed by atoms with Crippen molar-refractivity contribution in [2.45, 2.75) is 26.2 Å². The van der Waals surface area contributed by atoms with Crippen LogP contribution in [0.25, 0.3) is 16.6 Å². The molecule has 0 bridgehead atoms. The van der Waals surface area contributed by atoms with E-state index in [4.69, 9.17) is 4.52 Å². The van der Waals surface area contributed by atoms with Gasteiger partial charge in [0, 0.05) is 22.6 Å². The quantitative estimate of drug-likeness (QED) is 0.507. The van der Waals surface area contributed by atoms with Gasteiger partial charge in [-0.1, -0.05) is 38.1 Å².